The molecule has 0 saturated heterocycles. The fourth-order valence-corrected chi connectivity index (χ4v) is 4.86. The fourth-order valence-electron chi connectivity index (χ4n) is 4.86. The number of fused-ring (bicyclic) bond motifs is 1. The number of benzene rings is 2. The van der Waals surface area contributed by atoms with E-state index in [9.17, 15) is 9.59 Å². The normalized spacial score (nSPS) is 18.8. The van der Waals surface area contributed by atoms with E-state index in [2.05, 4.69) is 40.7 Å². The summed E-state index contributed by atoms with van der Waals surface area (Å²) < 4.78 is 11.1. The second kappa shape index (κ2) is 9.89. The smallest absolute Gasteiger partial charge is 0.311 e. The van der Waals surface area contributed by atoms with Crippen molar-refractivity contribution in [2.24, 2.45) is 0 Å². The number of carbonyl (C=O) groups is 2. The van der Waals surface area contributed by atoms with E-state index in [1.54, 1.807) is 0 Å². The van der Waals surface area contributed by atoms with Gasteiger partial charge in [0.15, 0.2) is 0 Å². The first-order chi connectivity index (χ1) is 15.2. The summed E-state index contributed by atoms with van der Waals surface area (Å²) in [4.78, 5) is 24.1. The van der Waals surface area contributed by atoms with Crippen molar-refractivity contribution in [2.45, 2.75) is 90.4 Å². The Kier molecular flexibility index (Phi) is 7.43. The maximum absolute atomic E-state index is 12.2. The Hall–Kier alpha value is -2.62. The Morgan fingerprint density at radius 3 is 1.88 bits per heavy atom. The summed E-state index contributed by atoms with van der Waals surface area (Å²) in [5.41, 5.74) is 3.40. The molecule has 1 aliphatic rings. The molecule has 0 aromatic heterocycles. The van der Waals surface area contributed by atoms with E-state index in [0.29, 0.717) is 24.3 Å². The monoisotopic (exact) mass is 436 g/mol. The maximum atomic E-state index is 12.2. The minimum absolute atomic E-state index is 0.000122. The highest BCUT2D eigenvalue weighted by atomic mass is 16.5. The van der Waals surface area contributed by atoms with Crippen LogP contribution >= 0.6 is 0 Å². The van der Waals surface area contributed by atoms with Crippen LogP contribution in [0.1, 0.15) is 96.3 Å². The lowest BCUT2D eigenvalue weighted by Gasteiger charge is -2.28. The van der Waals surface area contributed by atoms with Gasteiger partial charge < -0.3 is 9.47 Å². The third kappa shape index (κ3) is 5.23. The van der Waals surface area contributed by atoms with Gasteiger partial charge in [-0.25, -0.2) is 0 Å². The molecule has 32 heavy (non-hydrogen) atoms. The molecule has 0 aliphatic heterocycles. The summed E-state index contributed by atoms with van der Waals surface area (Å²) in [5.74, 6) is 0.817. The third-order valence-corrected chi connectivity index (χ3v) is 6.53. The van der Waals surface area contributed by atoms with E-state index < -0.39 is 0 Å². The Labute approximate surface area is 192 Å². The Balaban J connectivity index is 1.85. The van der Waals surface area contributed by atoms with Crippen molar-refractivity contribution < 1.29 is 19.1 Å². The van der Waals surface area contributed by atoms with Gasteiger partial charge >= 0.3 is 11.9 Å². The number of unbranched alkanes of at least 4 members (excludes halogenated alkanes) is 2. The van der Waals surface area contributed by atoms with E-state index >= 15 is 0 Å². The predicted molar refractivity (Wildman–Crippen MR) is 127 cm³/mol. The van der Waals surface area contributed by atoms with Crippen molar-refractivity contribution in [1.82, 2.24) is 0 Å². The minimum atomic E-state index is -0.227. The highest BCUT2D eigenvalue weighted by Crippen LogP contribution is 2.53. The number of hydrogen-bond acceptors (Lipinski definition) is 4. The maximum Gasteiger partial charge on any atom is 0.311 e. The Morgan fingerprint density at radius 1 is 0.781 bits per heavy atom. The summed E-state index contributed by atoms with van der Waals surface area (Å²) in [5, 5.41) is 0. The van der Waals surface area contributed by atoms with Crippen molar-refractivity contribution in [3.05, 3.63) is 59.2 Å². The van der Waals surface area contributed by atoms with Crippen LogP contribution in [0.3, 0.4) is 0 Å². The zero-order valence-electron chi connectivity index (χ0n) is 20.1. The van der Waals surface area contributed by atoms with Gasteiger partial charge in [0.05, 0.1) is 0 Å². The molecule has 0 spiro atoms. The van der Waals surface area contributed by atoms with Gasteiger partial charge in [0, 0.05) is 18.3 Å². The van der Waals surface area contributed by atoms with Crippen LogP contribution in [0.2, 0.25) is 0 Å². The summed E-state index contributed by atoms with van der Waals surface area (Å²) in [6.07, 6.45) is 5.44. The molecule has 0 saturated carbocycles. The molecule has 0 N–H and O–H groups in total. The zero-order chi connectivity index (χ0) is 23.4. The molecule has 4 heteroatoms. The number of rotatable bonds is 9. The Morgan fingerprint density at radius 2 is 1.31 bits per heavy atom. The molecule has 0 radical (unpaired) electrons. The first-order valence-corrected chi connectivity index (χ1v) is 11.9. The van der Waals surface area contributed by atoms with Crippen LogP contribution in [0.4, 0.5) is 0 Å². The van der Waals surface area contributed by atoms with Crippen molar-refractivity contribution in [3.63, 3.8) is 0 Å². The van der Waals surface area contributed by atoms with Gasteiger partial charge in [0.25, 0.3) is 0 Å². The average Bonchev–Trinajstić information content (AvgIpc) is 2.97. The molecule has 1 atom stereocenters. The predicted octanol–water partition coefficient (Wildman–Crippen LogP) is 6.87. The van der Waals surface area contributed by atoms with E-state index in [4.69, 9.17) is 9.47 Å². The molecule has 1 aliphatic carbocycles. The molecule has 0 heterocycles. The second-order valence-electron chi connectivity index (χ2n) is 9.78. The van der Waals surface area contributed by atoms with Crippen molar-refractivity contribution in [2.75, 3.05) is 0 Å². The molecular formula is C28H36O4. The molecule has 172 valence electrons. The SMILES string of the molecule is CCCCC(=O)Oc1ccc(C2(C)CC(C)(C)c3ccc(OC(=O)CCCC)cc32)cc1. The number of carbonyl (C=O) groups excluding carboxylic acids is 2. The van der Waals surface area contributed by atoms with E-state index in [1.165, 1.54) is 11.1 Å². The van der Waals surface area contributed by atoms with Crippen molar-refractivity contribution in [1.29, 1.82) is 0 Å². The lowest BCUT2D eigenvalue weighted by atomic mass is 9.75. The molecule has 4 nitrogen and oxygen atoms in total. The van der Waals surface area contributed by atoms with Gasteiger partial charge in [0.1, 0.15) is 11.5 Å². The second-order valence-corrected chi connectivity index (χ2v) is 9.78. The average molecular weight is 437 g/mol. The van der Waals surface area contributed by atoms with Crippen LogP contribution in [0.25, 0.3) is 0 Å². The molecule has 2 aromatic rings. The van der Waals surface area contributed by atoms with Crippen LogP contribution in [0.5, 0.6) is 11.5 Å². The van der Waals surface area contributed by atoms with Crippen LogP contribution in [-0.4, -0.2) is 11.9 Å². The molecule has 0 amide bonds. The fraction of sp³-hybridized carbons (Fsp3) is 0.500. The van der Waals surface area contributed by atoms with Gasteiger partial charge in [0.2, 0.25) is 0 Å². The molecule has 1 unspecified atom stereocenters. The molecular weight excluding hydrogens is 400 g/mol. The molecule has 0 bridgehead atoms. The summed E-state index contributed by atoms with van der Waals surface area (Å²) in [6, 6.07) is 13.9. The third-order valence-electron chi connectivity index (χ3n) is 6.53. The van der Waals surface area contributed by atoms with Crippen LogP contribution < -0.4 is 9.47 Å². The molecule has 0 fully saturated rings. The standard InChI is InChI=1S/C28H36O4/c1-6-8-10-25(29)31-21-14-12-20(13-15-21)28(5)19-27(3,4)23-17-16-22(18-24(23)28)32-26(30)11-9-7-2/h12-18H,6-11,19H2,1-5H3. The first-order valence-electron chi connectivity index (χ1n) is 11.9. The number of hydrogen-bond donors (Lipinski definition) is 0. The van der Waals surface area contributed by atoms with E-state index in [-0.39, 0.29) is 22.8 Å². The minimum Gasteiger partial charge on any atom is -0.427 e. The van der Waals surface area contributed by atoms with Gasteiger partial charge in [-0.1, -0.05) is 65.7 Å². The summed E-state index contributed by atoms with van der Waals surface area (Å²) in [6.45, 7) is 10.9. The largest absolute Gasteiger partial charge is 0.427 e. The van der Waals surface area contributed by atoms with Crippen molar-refractivity contribution >= 4 is 11.9 Å². The van der Waals surface area contributed by atoms with E-state index in [1.807, 2.05) is 36.4 Å². The van der Waals surface area contributed by atoms with Gasteiger partial charge in [-0.3, -0.25) is 9.59 Å². The Bertz CT molecular complexity index is 958. The van der Waals surface area contributed by atoms with E-state index in [0.717, 1.165) is 37.7 Å². The molecule has 2 aromatic carbocycles. The van der Waals surface area contributed by atoms with Gasteiger partial charge in [-0.05, 0) is 65.6 Å². The molecule has 3 rings (SSSR count). The number of ether oxygens (including phenoxy) is 2. The zero-order valence-corrected chi connectivity index (χ0v) is 20.1. The summed E-state index contributed by atoms with van der Waals surface area (Å²) >= 11 is 0. The van der Waals surface area contributed by atoms with Gasteiger partial charge in [-0.2, -0.15) is 0 Å². The van der Waals surface area contributed by atoms with Crippen LogP contribution in [0.15, 0.2) is 42.5 Å². The number of esters is 2. The summed E-state index contributed by atoms with van der Waals surface area (Å²) in [7, 11) is 0. The lowest BCUT2D eigenvalue weighted by Crippen LogP contribution is -2.23. The topological polar surface area (TPSA) is 52.6 Å². The highest BCUT2D eigenvalue weighted by molar-refractivity contribution is 5.73. The van der Waals surface area contributed by atoms with Crippen LogP contribution in [-0.2, 0) is 20.4 Å². The highest BCUT2D eigenvalue weighted by Gasteiger charge is 2.46. The van der Waals surface area contributed by atoms with Crippen molar-refractivity contribution in [3.8, 4) is 11.5 Å². The van der Waals surface area contributed by atoms with Crippen LogP contribution in [0, 0.1) is 0 Å². The first kappa shape index (κ1) is 24.0. The van der Waals surface area contributed by atoms with Gasteiger partial charge in [-0.15, -0.1) is 0 Å². The quantitative estimate of drug-likeness (QED) is 0.318. The lowest BCUT2D eigenvalue weighted by molar-refractivity contribution is -0.135.